The van der Waals surface area contributed by atoms with Crippen LogP contribution in [0.5, 0.6) is 0 Å². The van der Waals surface area contributed by atoms with Crippen LogP contribution in [0, 0.1) is 11.3 Å². The molecule has 30 heavy (non-hydrogen) atoms. The number of hydrogen-bond donors (Lipinski definition) is 1. The van der Waals surface area contributed by atoms with Gasteiger partial charge >= 0.3 is 6.09 Å². The minimum absolute atomic E-state index is 0.112. The van der Waals surface area contributed by atoms with Gasteiger partial charge in [0.25, 0.3) is 0 Å². The summed E-state index contributed by atoms with van der Waals surface area (Å²) in [5.74, 6) is 0. The Balaban J connectivity index is 1.36. The lowest BCUT2D eigenvalue weighted by atomic mass is 10.2. The lowest BCUT2D eigenvalue weighted by Gasteiger charge is -2.37. The second kappa shape index (κ2) is 7.35. The molecule has 3 aromatic heterocycles. The van der Waals surface area contributed by atoms with Gasteiger partial charge in [-0.25, -0.2) is 9.78 Å². The number of carbonyl (C=O) groups excluding carboxylic acids is 1. The Morgan fingerprint density at radius 3 is 2.83 bits per heavy atom. The number of H-pyrrole nitrogens is 1. The molecule has 0 aromatic carbocycles. The van der Waals surface area contributed by atoms with Crippen molar-refractivity contribution in [1.82, 2.24) is 24.6 Å². The Bertz CT molecular complexity index is 1130. The fourth-order valence-corrected chi connectivity index (χ4v) is 3.81. The molecule has 2 fully saturated rings. The Hall–Kier alpha value is -3.58. The molecular formula is C20H21N7O3. The predicted molar refractivity (Wildman–Crippen MR) is 108 cm³/mol. The van der Waals surface area contributed by atoms with Crippen LogP contribution in [-0.4, -0.2) is 76.2 Å². The molecular weight excluding hydrogens is 386 g/mol. The van der Waals surface area contributed by atoms with Gasteiger partial charge < -0.3 is 24.3 Å². The van der Waals surface area contributed by atoms with Gasteiger partial charge in [-0.3, -0.25) is 4.68 Å². The number of amides is 1. The highest BCUT2D eigenvalue weighted by Crippen LogP contribution is 2.31. The Morgan fingerprint density at radius 1 is 1.33 bits per heavy atom. The summed E-state index contributed by atoms with van der Waals surface area (Å²) in [6.07, 6.45) is 3.08. The molecule has 0 saturated carbocycles. The minimum atomic E-state index is -0.272. The highest BCUT2D eigenvalue weighted by atomic mass is 16.6. The molecule has 10 nitrogen and oxygen atoms in total. The minimum Gasteiger partial charge on any atom is -0.441 e. The number of piperazine rings is 1. The number of fused-ring (bicyclic) bond motifs is 1. The number of nitrogens with one attached hydrogen (secondary N) is 1. The van der Waals surface area contributed by atoms with Crippen molar-refractivity contribution in [2.75, 3.05) is 44.3 Å². The summed E-state index contributed by atoms with van der Waals surface area (Å²) in [5, 5.41) is 14.8. The van der Waals surface area contributed by atoms with Crippen molar-refractivity contribution in [1.29, 1.82) is 5.26 Å². The monoisotopic (exact) mass is 407 g/mol. The van der Waals surface area contributed by atoms with E-state index in [0.29, 0.717) is 50.7 Å². The van der Waals surface area contributed by atoms with Crippen molar-refractivity contribution in [2.24, 2.45) is 7.05 Å². The number of aryl methyl sites for hydroxylation is 1. The van der Waals surface area contributed by atoms with Gasteiger partial charge in [0.2, 0.25) is 0 Å². The van der Waals surface area contributed by atoms with Crippen LogP contribution < -0.4 is 4.90 Å². The smallest absolute Gasteiger partial charge is 0.410 e. The third-order valence-corrected chi connectivity index (χ3v) is 5.47. The molecule has 1 N–H and O–H groups in total. The first-order chi connectivity index (χ1) is 14.6. The topological polar surface area (TPSA) is 112 Å². The van der Waals surface area contributed by atoms with E-state index < -0.39 is 0 Å². The first kappa shape index (κ1) is 18.4. The molecule has 0 bridgehead atoms. The highest BCUT2D eigenvalue weighted by molar-refractivity contribution is 5.94. The van der Waals surface area contributed by atoms with Crippen LogP contribution in [0.1, 0.15) is 5.56 Å². The van der Waals surface area contributed by atoms with Gasteiger partial charge in [-0.05, 0) is 12.1 Å². The predicted octanol–water partition coefficient (Wildman–Crippen LogP) is 1.49. The van der Waals surface area contributed by atoms with E-state index in [1.165, 1.54) is 0 Å². The average Bonchev–Trinajstić information content (AvgIpc) is 3.33. The van der Waals surface area contributed by atoms with Crippen molar-refractivity contribution in [3.05, 3.63) is 30.1 Å². The standard InChI is InChI=1S/C20H21N7O3/c1-25-10-13(9-21)18(24-25)16-8-15-17(2-3-22-19(15)23-16)26-4-6-27(7-5-26)20(28)30-14-11-29-12-14/h2-3,8,10,14H,4-7,11-12H2,1H3,(H,22,23). The summed E-state index contributed by atoms with van der Waals surface area (Å²) in [7, 11) is 1.79. The maximum atomic E-state index is 12.3. The molecule has 0 atom stereocenters. The highest BCUT2D eigenvalue weighted by Gasteiger charge is 2.28. The molecule has 0 unspecified atom stereocenters. The zero-order chi connectivity index (χ0) is 20.7. The molecule has 10 heteroatoms. The van der Waals surface area contributed by atoms with Gasteiger partial charge in [0.05, 0.1) is 24.5 Å². The second-order valence-electron chi connectivity index (χ2n) is 7.47. The molecule has 0 aliphatic carbocycles. The van der Waals surface area contributed by atoms with E-state index in [2.05, 4.69) is 26.0 Å². The maximum Gasteiger partial charge on any atom is 0.410 e. The molecule has 3 aromatic rings. The summed E-state index contributed by atoms with van der Waals surface area (Å²) in [4.78, 5) is 24.0. The first-order valence-corrected chi connectivity index (χ1v) is 9.82. The van der Waals surface area contributed by atoms with Crippen molar-refractivity contribution < 1.29 is 14.3 Å². The number of rotatable bonds is 3. The van der Waals surface area contributed by atoms with E-state index in [0.717, 1.165) is 22.4 Å². The summed E-state index contributed by atoms with van der Waals surface area (Å²) in [6, 6.07) is 6.14. The van der Waals surface area contributed by atoms with Gasteiger partial charge in [-0.15, -0.1) is 0 Å². The van der Waals surface area contributed by atoms with E-state index in [1.807, 2.05) is 12.1 Å². The van der Waals surface area contributed by atoms with Crippen molar-refractivity contribution in [3.63, 3.8) is 0 Å². The van der Waals surface area contributed by atoms with E-state index >= 15 is 0 Å². The van der Waals surface area contributed by atoms with E-state index in [1.54, 1.807) is 29.0 Å². The Morgan fingerprint density at radius 2 is 2.13 bits per heavy atom. The molecule has 2 aliphatic rings. The normalized spacial score (nSPS) is 17.1. The van der Waals surface area contributed by atoms with Gasteiger partial charge in [0.1, 0.15) is 17.4 Å². The number of aromatic nitrogens is 4. The molecule has 0 radical (unpaired) electrons. The SMILES string of the molecule is Cn1cc(C#N)c(-c2cc3c(N4CCN(C(=O)OC5COC5)CC4)ccnc3[nH]2)n1. The van der Waals surface area contributed by atoms with Crippen molar-refractivity contribution >= 4 is 22.8 Å². The Kier molecular flexibility index (Phi) is 4.52. The molecule has 5 heterocycles. The second-order valence-corrected chi connectivity index (χ2v) is 7.47. The number of carbonyl (C=O) groups is 1. The van der Waals surface area contributed by atoms with E-state index in [4.69, 9.17) is 9.47 Å². The largest absolute Gasteiger partial charge is 0.441 e. The zero-order valence-electron chi connectivity index (χ0n) is 16.5. The number of nitrogens with zero attached hydrogens (tertiary/aromatic N) is 6. The molecule has 2 aliphatic heterocycles. The van der Waals surface area contributed by atoms with Crippen molar-refractivity contribution in [3.8, 4) is 17.5 Å². The fourth-order valence-electron chi connectivity index (χ4n) is 3.81. The average molecular weight is 407 g/mol. The number of pyridine rings is 1. The zero-order valence-corrected chi connectivity index (χ0v) is 16.5. The molecule has 2 saturated heterocycles. The first-order valence-electron chi connectivity index (χ1n) is 9.82. The lowest BCUT2D eigenvalue weighted by Crippen LogP contribution is -2.51. The van der Waals surface area contributed by atoms with Gasteiger partial charge in [-0.2, -0.15) is 10.4 Å². The number of nitriles is 1. The number of ether oxygens (including phenoxy) is 2. The lowest BCUT2D eigenvalue weighted by molar-refractivity contribution is -0.104. The molecule has 1 amide bonds. The molecule has 0 spiro atoms. The van der Waals surface area contributed by atoms with Crippen LogP contribution in [-0.2, 0) is 16.5 Å². The maximum absolute atomic E-state index is 12.3. The molecule has 5 rings (SSSR count). The van der Waals surface area contributed by atoms with Gasteiger partial charge in [0.15, 0.2) is 6.10 Å². The number of aromatic amines is 1. The van der Waals surface area contributed by atoms with Crippen LogP contribution in [0.15, 0.2) is 24.5 Å². The van der Waals surface area contributed by atoms with Crippen molar-refractivity contribution in [2.45, 2.75) is 6.10 Å². The summed E-state index contributed by atoms with van der Waals surface area (Å²) in [6.45, 7) is 3.55. The van der Waals surface area contributed by atoms with Gasteiger partial charge in [0, 0.05) is 56.7 Å². The third kappa shape index (κ3) is 3.23. The Labute approximate surface area is 172 Å². The summed E-state index contributed by atoms with van der Waals surface area (Å²) >= 11 is 0. The van der Waals surface area contributed by atoms with E-state index in [9.17, 15) is 10.1 Å². The van der Waals surface area contributed by atoms with E-state index in [-0.39, 0.29) is 12.2 Å². The third-order valence-electron chi connectivity index (χ3n) is 5.47. The van der Waals surface area contributed by atoms with Gasteiger partial charge in [-0.1, -0.05) is 0 Å². The fraction of sp³-hybridized carbons (Fsp3) is 0.400. The quantitative estimate of drug-likeness (QED) is 0.700. The summed E-state index contributed by atoms with van der Waals surface area (Å²) in [5.41, 5.74) is 3.65. The number of hydrogen-bond acceptors (Lipinski definition) is 7. The summed E-state index contributed by atoms with van der Waals surface area (Å²) < 4.78 is 12.1. The van der Waals surface area contributed by atoms with Crippen LogP contribution in [0.3, 0.4) is 0 Å². The number of anilines is 1. The molecule has 154 valence electrons. The van der Waals surface area contributed by atoms with Crippen LogP contribution >= 0.6 is 0 Å². The van der Waals surface area contributed by atoms with Crippen LogP contribution in [0.25, 0.3) is 22.4 Å². The van der Waals surface area contributed by atoms with Crippen LogP contribution in [0.2, 0.25) is 0 Å². The van der Waals surface area contributed by atoms with Crippen LogP contribution in [0.4, 0.5) is 10.5 Å².